The molecule has 0 spiro atoms. The molecule has 3 unspecified atom stereocenters. The monoisotopic (exact) mass is 272 g/mol. The van der Waals surface area contributed by atoms with E-state index in [0.717, 1.165) is 19.3 Å². The first-order valence-electron chi connectivity index (χ1n) is 6.36. The number of aliphatic carboxylic acids is 2. The molecule has 3 atom stereocenters. The van der Waals surface area contributed by atoms with E-state index in [4.69, 9.17) is 10.2 Å². The van der Waals surface area contributed by atoms with Crippen molar-refractivity contribution in [3.05, 3.63) is 0 Å². The van der Waals surface area contributed by atoms with Crippen LogP contribution in [0.5, 0.6) is 0 Å². The lowest BCUT2D eigenvalue weighted by Gasteiger charge is -2.39. The van der Waals surface area contributed by atoms with Crippen molar-refractivity contribution >= 4 is 18.0 Å². The number of hydrogen-bond acceptors (Lipinski definition) is 3. The maximum absolute atomic E-state index is 12.1. The van der Waals surface area contributed by atoms with Crippen molar-refractivity contribution in [1.82, 2.24) is 10.2 Å². The highest BCUT2D eigenvalue weighted by Crippen LogP contribution is 2.22. The SMILES string of the molecule is CC1CCCC(C)N1C(=O)NC(CC(=O)O)C(=O)O. The first kappa shape index (κ1) is 15.3. The second-order valence-electron chi connectivity index (χ2n) is 4.97. The molecule has 0 aromatic heterocycles. The minimum atomic E-state index is -1.40. The fraction of sp³-hybridized carbons (Fsp3) is 0.750. The number of nitrogens with one attached hydrogen (secondary N) is 1. The Morgan fingerprint density at radius 3 is 2.16 bits per heavy atom. The van der Waals surface area contributed by atoms with Crippen molar-refractivity contribution in [3.8, 4) is 0 Å². The number of likely N-dealkylation sites (tertiary alicyclic amines) is 1. The minimum absolute atomic E-state index is 0.0306. The molecule has 108 valence electrons. The second-order valence-corrected chi connectivity index (χ2v) is 4.97. The van der Waals surface area contributed by atoms with E-state index in [9.17, 15) is 14.4 Å². The van der Waals surface area contributed by atoms with Gasteiger partial charge in [0.1, 0.15) is 6.04 Å². The molecule has 1 aliphatic rings. The fourth-order valence-electron chi connectivity index (χ4n) is 2.42. The van der Waals surface area contributed by atoms with Crippen LogP contribution in [-0.4, -0.2) is 51.2 Å². The Labute approximate surface area is 111 Å². The van der Waals surface area contributed by atoms with Gasteiger partial charge in [-0.3, -0.25) is 4.79 Å². The number of nitrogens with zero attached hydrogens (tertiary/aromatic N) is 1. The van der Waals surface area contributed by atoms with E-state index in [0.29, 0.717) is 0 Å². The van der Waals surface area contributed by atoms with Gasteiger partial charge in [0.05, 0.1) is 6.42 Å². The summed E-state index contributed by atoms with van der Waals surface area (Å²) in [5, 5.41) is 19.8. The molecule has 1 fully saturated rings. The molecule has 0 bridgehead atoms. The lowest BCUT2D eigenvalue weighted by molar-refractivity contribution is -0.145. The Morgan fingerprint density at radius 2 is 1.74 bits per heavy atom. The van der Waals surface area contributed by atoms with Crippen molar-refractivity contribution < 1.29 is 24.6 Å². The zero-order chi connectivity index (χ0) is 14.6. The van der Waals surface area contributed by atoms with Gasteiger partial charge in [-0.25, -0.2) is 9.59 Å². The van der Waals surface area contributed by atoms with Gasteiger partial charge in [-0.05, 0) is 33.1 Å². The highest BCUT2D eigenvalue weighted by atomic mass is 16.4. The van der Waals surface area contributed by atoms with Gasteiger partial charge >= 0.3 is 18.0 Å². The van der Waals surface area contributed by atoms with E-state index in [-0.39, 0.29) is 12.1 Å². The van der Waals surface area contributed by atoms with Gasteiger partial charge in [-0.2, -0.15) is 0 Å². The topological polar surface area (TPSA) is 107 Å². The molecule has 0 aliphatic carbocycles. The van der Waals surface area contributed by atoms with Gasteiger partial charge in [-0.1, -0.05) is 0 Å². The smallest absolute Gasteiger partial charge is 0.326 e. The van der Waals surface area contributed by atoms with Gasteiger partial charge in [-0.15, -0.1) is 0 Å². The standard InChI is InChI=1S/C12H20N2O5/c1-7-4-3-5-8(2)14(7)12(19)13-9(11(17)18)6-10(15)16/h7-9H,3-6H2,1-2H3,(H,13,19)(H,15,16)(H,17,18). The van der Waals surface area contributed by atoms with Crippen molar-refractivity contribution in [2.75, 3.05) is 0 Å². The number of piperidine rings is 1. The molecule has 19 heavy (non-hydrogen) atoms. The van der Waals surface area contributed by atoms with Crippen LogP contribution in [-0.2, 0) is 9.59 Å². The lowest BCUT2D eigenvalue weighted by atomic mass is 9.98. The number of hydrogen-bond donors (Lipinski definition) is 3. The molecule has 1 rings (SSSR count). The number of carbonyl (C=O) groups is 3. The van der Waals surface area contributed by atoms with Gasteiger partial charge in [0, 0.05) is 12.1 Å². The zero-order valence-corrected chi connectivity index (χ0v) is 11.1. The Bertz CT molecular complexity index is 361. The molecular weight excluding hydrogens is 252 g/mol. The second kappa shape index (κ2) is 6.40. The molecule has 0 aromatic rings. The predicted octanol–water partition coefficient (Wildman–Crippen LogP) is 0.887. The molecule has 1 saturated heterocycles. The third-order valence-corrected chi connectivity index (χ3v) is 3.40. The fourth-order valence-corrected chi connectivity index (χ4v) is 2.42. The van der Waals surface area contributed by atoms with Crippen LogP contribution >= 0.6 is 0 Å². The van der Waals surface area contributed by atoms with Crippen molar-refractivity contribution in [2.45, 2.75) is 57.7 Å². The molecule has 3 N–H and O–H groups in total. The Hall–Kier alpha value is -1.79. The Morgan fingerprint density at radius 1 is 1.21 bits per heavy atom. The van der Waals surface area contributed by atoms with E-state index in [1.54, 1.807) is 4.90 Å². The lowest BCUT2D eigenvalue weighted by Crippen LogP contribution is -2.55. The summed E-state index contributed by atoms with van der Waals surface area (Å²) in [6.07, 6.45) is 2.14. The first-order chi connectivity index (χ1) is 8.82. The molecule has 2 amide bonds. The van der Waals surface area contributed by atoms with Crippen LogP contribution in [0.4, 0.5) is 4.79 Å². The summed E-state index contributed by atoms with van der Waals surface area (Å²) < 4.78 is 0. The highest BCUT2D eigenvalue weighted by molar-refractivity contribution is 5.86. The van der Waals surface area contributed by atoms with E-state index in [1.165, 1.54) is 0 Å². The van der Waals surface area contributed by atoms with Crippen molar-refractivity contribution in [2.24, 2.45) is 0 Å². The number of urea groups is 1. The largest absolute Gasteiger partial charge is 0.481 e. The normalized spacial score (nSPS) is 24.6. The molecule has 0 aromatic carbocycles. The predicted molar refractivity (Wildman–Crippen MR) is 66.8 cm³/mol. The maximum atomic E-state index is 12.1. The number of rotatable bonds is 4. The third kappa shape index (κ3) is 4.11. The van der Waals surface area contributed by atoms with Gasteiger partial charge in [0.15, 0.2) is 0 Å². The zero-order valence-electron chi connectivity index (χ0n) is 11.1. The van der Waals surface area contributed by atoms with Crippen LogP contribution in [0, 0.1) is 0 Å². The number of amides is 2. The van der Waals surface area contributed by atoms with Gasteiger partial charge in [0.25, 0.3) is 0 Å². The summed E-state index contributed by atoms with van der Waals surface area (Å²) in [6, 6.07) is -1.84. The molecule has 0 saturated carbocycles. The van der Waals surface area contributed by atoms with Crippen LogP contribution in [0.15, 0.2) is 0 Å². The number of carbonyl (C=O) groups excluding carboxylic acids is 1. The quantitative estimate of drug-likeness (QED) is 0.704. The summed E-state index contributed by atoms with van der Waals surface area (Å²) >= 11 is 0. The number of carboxylic acids is 2. The molecule has 7 nitrogen and oxygen atoms in total. The maximum Gasteiger partial charge on any atom is 0.326 e. The number of carboxylic acid groups (broad SMARTS) is 2. The van der Waals surface area contributed by atoms with E-state index < -0.39 is 30.4 Å². The average molecular weight is 272 g/mol. The van der Waals surface area contributed by atoms with Crippen LogP contribution < -0.4 is 5.32 Å². The average Bonchev–Trinajstić information content (AvgIpc) is 2.27. The molecule has 1 heterocycles. The van der Waals surface area contributed by atoms with E-state index >= 15 is 0 Å². The third-order valence-electron chi connectivity index (χ3n) is 3.40. The Balaban J connectivity index is 2.70. The van der Waals surface area contributed by atoms with Crippen LogP contribution in [0.2, 0.25) is 0 Å². The summed E-state index contributed by atoms with van der Waals surface area (Å²) in [7, 11) is 0. The summed E-state index contributed by atoms with van der Waals surface area (Å²) in [5.41, 5.74) is 0. The summed E-state index contributed by atoms with van der Waals surface area (Å²) in [4.78, 5) is 35.2. The molecule has 7 heteroatoms. The Kier molecular flexibility index (Phi) is 5.14. The van der Waals surface area contributed by atoms with Crippen LogP contribution in [0.3, 0.4) is 0 Å². The first-order valence-corrected chi connectivity index (χ1v) is 6.36. The molecular formula is C12H20N2O5. The highest BCUT2D eigenvalue weighted by Gasteiger charge is 2.32. The molecule has 0 radical (unpaired) electrons. The van der Waals surface area contributed by atoms with E-state index in [1.807, 2.05) is 13.8 Å². The van der Waals surface area contributed by atoms with Crippen LogP contribution in [0.1, 0.15) is 39.5 Å². The van der Waals surface area contributed by atoms with Gasteiger partial charge in [0.2, 0.25) is 0 Å². The van der Waals surface area contributed by atoms with Crippen molar-refractivity contribution in [1.29, 1.82) is 0 Å². The van der Waals surface area contributed by atoms with Crippen molar-refractivity contribution in [3.63, 3.8) is 0 Å². The van der Waals surface area contributed by atoms with Gasteiger partial charge < -0.3 is 20.4 Å². The molecule has 1 aliphatic heterocycles. The summed E-state index contributed by atoms with van der Waals surface area (Å²) in [6.45, 7) is 3.81. The van der Waals surface area contributed by atoms with Crippen LogP contribution in [0.25, 0.3) is 0 Å². The summed E-state index contributed by atoms with van der Waals surface area (Å²) in [5.74, 6) is -2.60. The van der Waals surface area contributed by atoms with E-state index in [2.05, 4.69) is 5.32 Å². The minimum Gasteiger partial charge on any atom is -0.481 e.